The second-order valence-corrected chi connectivity index (χ2v) is 7.54. The van der Waals surface area contributed by atoms with Gasteiger partial charge in [-0.1, -0.05) is 52.0 Å². The highest BCUT2D eigenvalue weighted by atomic mass is 16.3. The number of likely N-dealkylation sites (N-methyl/N-ethyl adjacent to an activating group) is 1. The summed E-state index contributed by atoms with van der Waals surface area (Å²) in [5.41, 5.74) is 2.75. The Bertz CT molecular complexity index is 463. The molecule has 1 aliphatic rings. The van der Waals surface area contributed by atoms with Gasteiger partial charge in [-0.25, -0.2) is 0 Å². The zero-order valence-electron chi connectivity index (χ0n) is 14.8. The smallest absolute Gasteiger partial charge is 0.0628 e. The van der Waals surface area contributed by atoms with Gasteiger partial charge in [-0.15, -0.1) is 0 Å². The van der Waals surface area contributed by atoms with Crippen molar-refractivity contribution in [2.24, 2.45) is 0 Å². The minimum Gasteiger partial charge on any atom is -0.394 e. The highest BCUT2D eigenvalue weighted by Gasteiger charge is 2.28. The lowest BCUT2D eigenvalue weighted by molar-refractivity contribution is 0.0367. The van der Waals surface area contributed by atoms with Crippen LogP contribution in [0.25, 0.3) is 0 Å². The van der Waals surface area contributed by atoms with Crippen molar-refractivity contribution in [1.82, 2.24) is 9.80 Å². The fraction of sp³-hybridized carbons (Fsp3) is 0.684. The van der Waals surface area contributed by atoms with Gasteiger partial charge in [0.2, 0.25) is 0 Å². The van der Waals surface area contributed by atoms with Crippen LogP contribution in [0.3, 0.4) is 0 Å². The highest BCUT2D eigenvalue weighted by Crippen LogP contribution is 2.27. The van der Waals surface area contributed by atoms with Crippen LogP contribution in [-0.2, 0) is 5.41 Å². The van der Waals surface area contributed by atoms with Crippen LogP contribution < -0.4 is 0 Å². The number of piperazine rings is 1. The van der Waals surface area contributed by atoms with Crippen LogP contribution in [0.15, 0.2) is 24.3 Å². The van der Waals surface area contributed by atoms with E-state index in [4.69, 9.17) is 0 Å². The molecule has 0 aromatic heterocycles. The molecule has 2 atom stereocenters. The van der Waals surface area contributed by atoms with Crippen molar-refractivity contribution in [2.75, 3.05) is 32.8 Å². The maximum Gasteiger partial charge on any atom is 0.0628 e. The number of rotatable bonds is 4. The molecule has 0 amide bonds. The molecule has 3 nitrogen and oxygen atoms in total. The number of aliphatic hydroxyl groups excluding tert-OH is 1. The lowest BCUT2D eigenvalue weighted by Gasteiger charge is -2.42. The Morgan fingerprint density at radius 3 is 2.27 bits per heavy atom. The largest absolute Gasteiger partial charge is 0.394 e. The van der Waals surface area contributed by atoms with Crippen molar-refractivity contribution in [3.05, 3.63) is 35.4 Å². The van der Waals surface area contributed by atoms with Crippen LogP contribution in [-0.4, -0.2) is 53.7 Å². The van der Waals surface area contributed by atoms with Crippen LogP contribution in [0, 0.1) is 0 Å². The van der Waals surface area contributed by atoms with E-state index < -0.39 is 0 Å². The van der Waals surface area contributed by atoms with E-state index in [1.54, 1.807) is 0 Å². The second kappa shape index (κ2) is 7.12. The van der Waals surface area contributed by atoms with E-state index in [2.05, 4.69) is 68.7 Å². The molecule has 1 aliphatic heterocycles. The fourth-order valence-electron chi connectivity index (χ4n) is 3.41. The summed E-state index contributed by atoms with van der Waals surface area (Å²) < 4.78 is 0. The first kappa shape index (κ1) is 17.5. The van der Waals surface area contributed by atoms with Gasteiger partial charge in [0.05, 0.1) is 12.6 Å². The lowest BCUT2D eigenvalue weighted by Crippen LogP contribution is -2.53. The molecule has 2 unspecified atom stereocenters. The van der Waals surface area contributed by atoms with Gasteiger partial charge in [0.25, 0.3) is 0 Å². The van der Waals surface area contributed by atoms with E-state index in [-0.39, 0.29) is 18.1 Å². The Hall–Kier alpha value is -0.900. The van der Waals surface area contributed by atoms with Gasteiger partial charge in [0, 0.05) is 25.7 Å². The third-order valence-corrected chi connectivity index (χ3v) is 4.98. The minimum absolute atomic E-state index is 0.121. The highest BCUT2D eigenvalue weighted by molar-refractivity contribution is 5.29. The van der Waals surface area contributed by atoms with E-state index in [0.29, 0.717) is 6.04 Å². The molecule has 0 radical (unpaired) electrons. The zero-order chi connectivity index (χ0) is 16.3. The normalized spacial score (nSPS) is 22.7. The van der Waals surface area contributed by atoms with Crippen LogP contribution >= 0.6 is 0 Å². The van der Waals surface area contributed by atoms with Gasteiger partial charge in [0.1, 0.15) is 0 Å². The standard InChI is InChI=1S/C19H32N2O/c1-6-20-11-12-21(13-15(20)2)18(14-22)16-7-9-17(10-8-16)19(3,4)5/h7-10,15,18,22H,6,11-14H2,1-5H3. The van der Waals surface area contributed by atoms with Crippen molar-refractivity contribution in [3.63, 3.8) is 0 Å². The van der Waals surface area contributed by atoms with Gasteiger partial charge in [0.15, 0.2) is 0 Å². The Morgan fingerprint density at radius 2 is 1.82 bits per heavy atom. The maximum absolute atomic E-state index is 9.91. The molecule has 1 saturated heterocycles. The third kappa shape index (κ3) is 3.89. The van der Waals surface area contributed by atoms with Crippen molar-refractivity contribution in [1.29, 1.82) is 0 Å². The molecule has 3 heteroatoms. The number of benzene rings is 1. The molecule has 1 N–H and O–H groups in total. The van der Waals surface area contributed by atoms with Gasteiger partial charge < -0.3 is 5.11 Å². The Balaban J connectivity index is 2.12. The maximum atomic E-state index is 9.91. The topological polar surface area (TPSA) is 26.7 Å². The van der Waals surface area contributed by atoms with E-state index >= 15 is 0 Å². The van der Waals surface area contributed by atoms with E-state index in [1.807, 2.05) is 0 Å². The molecule has 1 heterocycles. The van der Waals surface area contributed by atoms with Crippen LogP contribution in [0.5, 0.6) is 0 Å². The summed E-state index contributed by atoms with van der Waals surface area (Å²) in [6.07, 6.45) is 0. The predicted octanol–water partition coefficient (Wildman–Crippen LogP) is 3.04. The Morgan fingerprint density at radius 1 is 1.18 bits per heavy atom. The first-order chi connectivity index (χ1) is 10.4. The summed E-state index contributed by atoms with van der Waals surface area (Å²) in [4.78, 5) is 4.94. The molecule has 2 rings (SSSR count). The minimum atomic E-state index is 0.121. The number of hydrogen-bond donors (Lipinski definition) is 1. The molecule has 0 bridgehead atoms. The summed E-state index contributed by atoms with van der Waals surface area (Å²) in [5.74, 6) is 0. The summed E-state index contributed by atoms with van der Waals surface area (Å²) in [7, 11) is 0. The summed E-state index contributed by atoms with van der Waals surface area (Å²) in [5, 5.41) is 9.91. The van der Waals surface area contributed by atoms with Crippen molar-refractivity contribution < 1.29 is 5.11 Å². The van der Waals surface area contributed by atoms with E-state index in [0.717, 1.165) is 26.2 Å². The number of aliphatic hydroxyl groups is 1. The van der Waals surface area contributed by atoms with Crippen LogP contribution in [0.2, 0.25) is 0 Å². The van der Waals surface area contributed by atoms with Crippen molar-refractivity contribution in [3.8, 4) is 0 Å². The fourth-order valence-corrected chi connectivity index (χ4v) is 3.41. The molecule has 124 valence electrons. The van der Waals surface area contributed by atoms with Gasteiger partial charge in [-0.3, -0.25) is 9.80 Å². The molecular formula is C19H32N2O. The van der Waals surface area contributed by atoms with Gasteiger partial charge >= 0.3 is 0 Å². The summed E-state index contributed by atoms with van der Waals surface area (Å²) in [6.45, 7) is 15.7. The monoisotopic (exact) mass is 304 g/mol. The first-order valence-electron chi connectivity index (χ1n) is 8.56. The third-order valence-electron chi connectivity index (χ3n) is 4.98. The molecular weight excluding hydrogens is 272 g/mol. The second-order valence-electron chi connectivity index (χ2n) is 7.54. The molecule has 1 aromatic rings. The quantitative estimate of drug-likeness (QED) is 0.926. The predicted molar refractivity (Wildman–Crippen MR) is 93.3 cm³/mol. The summed E-state index contributed by atoms with van der Waals surface area (Å²) in [6, 6.07) is 9.49. The molecule has 1 fully saturated rings. The number of hydrogen-bond acceptors (Lipinski definition) is 3. The molecule has 1 aromatic carbocycles. The SMILES string of the molecule is CCN1CCN(C(CO)c2ccc(C(C)(C)C)cc2)CC1C. The molecule has 22 heavy (non-hydrogen) atoms. The lowest BCUT2D eigenvalue weighted by atomic mass is 9.86. The first-order valence-corrected chi connectivity index (χ1v) is 8.56. The van der Waals surface area contributed by atoms with Crippen molar-refractivity contribution >= 4 is 0 Å². The van der Waals surface area contributed by atoms with E-state index in [1.165, 1.54) is 11.1 Å². The number of nitrogens with zero attached hydrogens (tertiary/aromatic N) is 2. The van der Waals surface area contributed by atoms with Crippen molar-refractivity contribution in [2.45, 2.75) is 52.1 Å². The average molecular weight is 304 g/mol. The Kier molecular flexibility index (Phi) is 5.65. The van der Waals surface area contributed by atoms with E-state index in [9.17, 15) is 5.11 Å². The average Bonchev–Trinajstić information content (AvgIpc) is 2.48. The van der Waals surface area contributed by atoms with Gasteiger partial charge in [-0.2, -0.15) is 0 Å². The Labute approximate surface area is 135 Å². The molecule has 0 aliphatic carbocycles. The molecule has 0 saturated carbocycles. The van der Waals surface area contributed by atoms with Crippen LogP contribution in [0.1, 0.15) is 51.8 Å². The zero-order valence-corrected chi connectivity index (χ0v) is 14.8. The molecule has 0 spiro atoms. The summed E-state index contributed by atoms with van der Waals surface area (Å²) >= 11 is 0. The van der Waals surface area contributed by atoms with Crippen LogP contribution in [0.4, 0.5) is 0 Å². The van der Waals surface area contributed by atoms with Gasteiger partial charge in [-0.05, 0) is 30.0 Å².